The molecule has 3 rings (SSSR count). The Bertz CT molecular complexity index is 871. The van der Waals surface area contributed by atoms with Gasteiger partial charge in [0, 0.05) is 42.3 Å². The third-order valence-corrected chi connectivity index (χ3v) is 5.09. The van der Waals surface area contributed by atoms with Crippen molar-refractivity contribution < 1.29 is 14.3 Å². The number of nitrogen functional groups attached to an aromatic ring is 1. The van der Waals surface area contributed by atoms with E-state index in [2.05, 4.69) is 16.3 Å². The lowest BCUT2D eigenvalue weighted by molar-refractivity contribution is -0.145. The van der Waals surface area contributed by atoms with Crippen LogP contribution in [0.25, 0.3) is 0 Å². The van der Waals surface area contributed by atoms with Gasteiger partial charge in [-0.2, -0.15) is 0 Å². The lowest BCUT2D eigenvalue weighted by Crippen LogP contribution is -2.41. The first-order chi connectivity index (χ1) is 14.6. The molecule has 0 saturated carbocycles. The molecule has 1 aliphatic heterocycles. The fourth-order valence-electron chi connectivity index (χ4n) is 3.68. The minimum atomic E-state index is -0.360. The van der Waals surface area contributed by atoms with Crippen molar-refractivity contribution in [1.82, 2.24) is 4.90 Å². The highest BCUT2D eigenvalue weighted by atomic mass is 16.6. The summed E-state index contributed by atoms with van der Waals surface area (Å²) in [5, 5.41) is 11.1. The smallest absolute Gasteiger partial charge is 0.344 e. The number of nitrogens with zero attached hydrogens (tertiary/aromatic N) is 1. The molecule has 0 spiro atoms. The molecule has 1 saturated heterocycles. The third-order valence-electron chi connectivity index (χ3n) is 5.09. The number of hydrogen-bond acceptors (Lipinski definition) is 7. The van der Waals surface area contributed by atoms with Crippen molar-refractivity contribution >= 4 is 23.6 Å². The van der Waals surface area contributed by atoms with Crippen molar-refractivity contribution in [3.05, 3.63) is 53.6 Å². The molecule has 0 aliphatic carbocycles. The van der Waals surface area contributed by atoms with Crippen LogP contribution in [0.15, 0.2) is 42.5 Å². The fraction of sp³-hybridized carbons (Fsp3) is 0.391. The Kier molecular flexibility index (Phi) is 7.68. The van der Waals surface area contributed by atoms with Gasteiger partial charge in [0.2, 0.25) is 0 Å². The van der Waals surface area contributed by atoms with Gasteiger partial charge in [-0.3, -0.25) is 4.90 Å². The number of carbonyl (C=O) groups is 1. The molecule has 1 unspecified atom stereocenters. The molecule has 0 amide bonds. The second-order valence-corrected chi connectivity index (χ2v) is 7.45. The first-order valence-corrected chi connectivity index (χ1v) is 10.3. The van der Waals surface area contributed by atoms with Gasteiger partial charge in [-0.1, -0.05) is 12.1 Å². The summed E-state index contributed by atoms with van der Waals surface area (Å²) in [7, 11) is 0. The molecular formula is C23H30N4O3. The second-order valence-electron chi connectivity index (χ2n) is 7.45. The highest BCUT2D eigenvalue weighted by Gasteiger charge is 2.20. The van der Waals surface area contributed by atoms with Crippen molar-refractivity contribution in [2.45, 2.75) is 32.4 Å². The minimum absolute atomic E-state index is 0.0771. The summed E-state index contributed by atoms with van der Waals surface area (Å²) >= 11 is 0. The average molecular weight is 411 g/mol. The van der Waals surface area contributed by atoms with E-state index in [1.165, 1.54) is 6.21 Å². The van der Waals surface area contributed by atoms with E-state index >= 15 is 0 Å². The minimum Gasteiger partial charge on any atom is -0.482 e. The Morgan fingerprint density at radius 1 is 1.33 bits per heavy atom. The molecule has 1 fully saturated rings. The molecule has 1 atom stereocenters. The maximum absolute atomic E-state index is 11.5. The van der Waals surface area contributed by atoms with Gasteiger partial charge in [-0.05, 0) is 62.2 Å². The van der Waals surface area contributed by atoms with E-state index in [-0.39, 0.29) is 12.6 Å². The van der Waals surface area contributed by atoms with Crippen molar-refractivity contribution in [3.63, 3.8) is 0 Å². The summed E-state index contributed by atoms with van der Waals surface area (Å²) in [6.45, 7) is 4.84. The molecule has 7 heteroatoms. The maximum Gasteiger partial charge on any atom is 0.344 e. The number of rotatable bonds is 9. The number of likely N-dealkylation sites (tertiary alicyclic amines) is 1. The van der Waals surface area contributed by atoms with Crippen LogP contribution < -0.4 is 15.8 Å². The molecular weight excluding hydrogens is 380 g/mol. The van der Waals surface area contributed by atoms with E-state index in [0.29, 0.717) is 24.1 Å². The van der Waals surface area contributed by atoms with E-state index in [0.717, 1.165) is 49.3 Å². The number of benzene rings is 2. The molecule has 0 aromatic heterocycles. The van der Waals surface area contributed by atoms with Gasteiger partial charge in [0.25, 0.3) is 0 Å². The van der Waals surface area contributed by atoms with Crippen LogP contribution in [0.5, 0.6) is 5.75 Å². The van der Waals surface area contributed by atoms with E-state index in [9.17, 15) is 4.79 Å². The van der Waals surface area contributed by atoms with E-state index in [4.69, 9.17) is 20.6 Å². The van der Waals surface area contributed by atoms with Crippen LogP contribution in [0.4, 0.5) is 11.4 Å². The predicted molar refractivity (Wildman–Crippen MR) is 119 cm³/mol. The molecule has 0 bridgehead atoms. The lowest BCUT2D eigenvalue weighted by Gasteiger charge is -2.33. The largest absolute Gasteiger partial charge is 0.482 e. The number of nitrogens with two attached hydrogens (primary N) is 1. The monoisotopic (exact) mass is 410 g/mol. The zero-order valence-electron chi connectivity index (χ0n) is 17.4. The predicted octanol–water partition coefficient (Wildman–Crippen LogP) is 3.28. The summed E-state index contributed by atoms with van der Waals surface area (Å²) in [6, 6.07) is 13.9. The summed E-state index contributed by atoms with van der Waals surface area (Å²) in [5.74, 6) is 0.315. The van der Waals surface area contributed by atoms with Crippen molar-refractivity contribution in [1.29, 1.82) is 5.41 Å². The van der Waals surface area contributed by atoms with Crippen LogP contribution in [0.1, 0.15) is 30.9 Å². The molecule has 2 aromatic carbocycles. The van der Waals surface area contributed by atoms with Crippen LogP contribution in [0, 0.1) is 5.41 Å². The van der Waals surface area contributed by atoms with Crippen molar-refractivity contribution in [2.75, 3.05) is 37.4 Å². The zero-order valence-corrected chi connectivity index (χ0v) is 17.4. The number of anilines is 2. The second kappa shape index (κ2) is 10.6. The molecule has 7 nitrogen and oxygen atoms in total. The number of ether oxygens (including phenoxy) is 2. The molecule has 1 heterocycles. The molecule has 160 valence electrons. The SMILES string of the molecule is CCOC(=O)COc1cccc(CN2CCCC(Nc3ccc(N)c(C=N)c3)C2)c1. The third kappa shape index (κ3) is 6.22. The topological polar surface area (TPSA) is 101 Å². The fourth-order valence-corrected chi connectivity index (χ4v) is 3.68. The number of esters is 1. The van der Waals surface area contributed by atoms with Crippen LogP contribution in [-0.2, 0) is 16.1 Å². The highest BCUT2D eigenvalue weighted by molar-refractivity contribution is 5.86. The Labute approximate surface area is 177 Å². The van der Waals surface area contributed by atoms with Crippen molar-refractivity contribution in [2.24, 2.45) is 0 Å². The van der Waals surface area contributed by atoms with Gasteiger partial charge in [0.1, 0.15) is 5.75 Å². The van der Waals surface area contributed by atoms with E-state index in [1.807, 2.05) is 36.4 Å². The zero-order chi connectivity index (χ0) is 21.3. The summed E-state index contributed by atoms with van der Waals surface area (Å²) in [4.78, 5) is 13.9. The Hall–Kier alpha value is -3.06. The quantitative estimate of drug-likeness (QED) is 0.333. The van der Waals surface area contributed by atoms with E-state index < -0.39 is 0 Å². The average Bonchev–Trinajstić information content (AvgIpc) is 2.74. The first-order valence-electron chi connectivity index (χ1n) is 10.3. The number of nitrogens with one attached hydrogen (secondary N) is 2. The van der Waals surface area contributed by atoms with Crippen LogP contribution >= 0.6 is 0 Å². The van der Waals surface area contributed by atoms with Gasteiger partial charge >= 0.3 is 5.97 Å². The van der Waals surface area contributed by atoms with Crippen molar-refractivity contribution in [3.8, 4) is 5.75 Å². The van der Waals surface area contributed by atoms with E-state index in [1.54, 1.807) is 6.92 Å². The van der Waals surface area contributed by atoms with Gasteiger partial charge in [0.15, 0.2) is 6.61 Å². The van der Waals surface area contributed by atoms with Crippen LogP contribution in [0.3, 0.4) is 0 Å². The van der Waals surface area contributed by atoms with Gasteiger partial charge < -0.3 is 25.9 Å². The molecule has 1 aliphatic rings. The Balaban J connectivity index is 1.55. The lowest BCUT2D eigenvalue weighted by atomic mass is 10.0. The number of piperidine rings is 1. The number of carbonyl (C=O) groups excluding carboxylic acids is 1. The van der Waals surface area contributed by atoms with Crippen LogP contribution in [-0.4, -0.2) is 49.4 Å². The van der Waals surface area contributed by atoms with Gasteiger partial charge in [-0.15, -0.1) is 0 Å². The molecule has 4 N–H and O–H groups in total. The summed E-state index contributed by atoms with van der Waals surface area (Å²) in [5.41, 5.74) is 9.37. The number of hydrogen-bond donors (Lipinski definition) is 3. The Morgan fingerprint density at radius 2 is 2.20 bits per heavy atom. The summed E-state index contributed by atoms with van der Waals surface area (Å²) in [6.07, 6.45) is 3.50. The molecule has 30 heavy (non-hydrogen) atoms. The standard InChI is InChI=1S/C23H30N4O3/c1-2-29-23(28)16-30-21-7-3-5-17(11-21)14-27-10-4-6-20(15-27)26-19-8-9-22(25)18(12-19)13-24/h3,5,7-9,11-13,20,24,26H,2,4,6,10,14-16,25H2,1H3. The van der Waals surface area contributed by atoms with Gasteiger partial charge in [-0.25, -0.2) is 4.79 Å². The van der Waals surface area contributed by atoms with Crippen LogP contribution in [0.2, 0.25) is 0 Å². The Morgan fingerprint density at radius 3 is 3.00 bits per heavy atom. The maximum atomic E-state index is 11.5. The highest BCUT2D eigenvalue weighted by Crippen LogP contribution is 2.22. The normalized spacial score (nSPS) is 16.6. The summed E-state index contributed by atoms with van der Waals surface area (Å²) < 4.78 is 10.4. The molecule has 2 aromatic rings. The first kappa shape index (κ1) is 21.6. The molecule has 0 radical (unpaired) electrons. The van der Waals surface area contributed by atoms with Gasteiger partial charge in [0.05, 0.1) is 6.61 Å².